The Morgan fingerprint density at radius 3 is 2.42 bits per heavy atom. The molecule has 1 fully saturated rings. The number of rotatable bonds is 5. The normalized spacial score (nSPS) is 13.9. The fourth-order valence-corrected chi connectivity index (χ4v) is 3.90. The van der Waals surface area contributed by atoms with Crippen molar-refractivity contribution < 1.29 is 18.4 Å². The van der Waals surface area contributed by atoms with Crippen molar-refractivity contribution in [2.24, 2.45) is 0 Å². The van der Waals surface area contributed by atoms with Crippen LogP contribution in [0.25, 0.3) is 0 Å². The van der Waals surface area contributed by atoms with Crippen molar-refractivity contribution >= 4 is 46.5 Å². The summed E-state index contributed by atoms with van der Waals surface area (Å²) in [6.07, 6.45) is 0.679. The molecular formula is C24H19Cl2F2N3O2. The summed E-state index contributed by atoms with van der Waals surface area (Å²) in [5, 5.41) is 3.41. The maximum Gasteiger partial charge on any atom is 0.324 e. The number of carbonyl (C=O) groups is 2. The van der Waals surface area contributed by atoms with E-state index < -0.39 is 11.6 Å². The van der Waals surface area contributed by atoms with Crippen LogP contribution in [-0.4, -0.2) is 29.9 Å². The molecule has 9 heteroatoms. The van der Waals surface area contributed by atoms with Gasteiger partial charge < -0.3 is 10.2 Å². The molecule has 170 valence electrons. The molecule has 0 saturated carbocycles. The van der Waals surface area contributed by atoms with Gasteiger partial charge in [-0.2, -0.15) is 0 Å². The van der Waals surface area contributed by atoms with Gasteiger partial charge in [-0.05, 0) is 67.1 Å². The van der Waals surface area contributed by atoms with Gasteiger partial charge in [-0.1, -0.05) is 23.2 Å². The number of nitrogens with zero attached hydrogens (tertiary/aromatic N) is 2. The first-order valence-electron chi connectivity index (χ1n) is 10.2. The second-order valence-corrected chi connectivity index (χ2v) is 8.39. The maximum absolute atomic E-state index is 14.0. The van der Waals surface area contributed by atoms with Crippen LogP contribution in [-0.2, 0) is 6.54 Å². The van der Waals surface area contributed by atoms with Crippen LogP contribution in [0.4, 0.5) is 25.0 Å². The van der Waals surface area contributed by atoms with E-state index in [9.17, 15) is 18.4 Å². The lowest BCUT2D eigenvalue weighted by atomic mass is 10.1. The van der Waals surface area contributed by atoms with E-state index in [2.05, 4.69) is 5.32 Å². The van der Waals surface area contributed by atoms with Gasteiger partial charge in [0.15, 0.2) is 0 Å². The first kappa shape index (κ1) is 23.0. The summed E-state index contributed by atoms with van der Waals surface area (Å²) >= 11 is 11.9. The Kier molecular flexibility index (Phi) is 6.81. The van der Waals surface area contributed by atoms with Crippen LogP contribution in [0.15, 0.2) is 60.7 Å². The van der Waals surface area contributed by atoms with Crippen LogP contribution >= 0.6 is 23.2 Å². The lowest BCUT2D eigenvalue weighted by Gasteiger charge is -2.35. The van der Waals surface area contributed by atoms with Gasteiger partial charge in [-0.25, -0.2) is 13.6 Å². The molecule has 33 heavy (non-hydrogen) atoms. The summed E-state index contributed by atoms with van der Waals surface area (Å²) in [6, 6.07) is 14.3. The average molecular weight is 490 g/mol. The van der Waals surface area contributed by atoms with E-state index in [1.165, 1.54) is 11.0 Å². The molecule has 0 aromatic heterocycles. The maximum atomic E-state index is 14.0. The van der Waals surface area contributed by atoms with E-state index in [0.29, 0.717) is 41.5 Å². The van der Waals surface area contributed by atoms with Crippen LogP contribution in [0.2, 0.25) is 10.0 Å². The highest BCUT2D eigenvalue weighted by molar-refractivity contribution is 6.42. The minimum absolute atomic E-state index is 0.0171. The van der Waals surface area contributed by atoms with Gasteiger partial charge in [-0.15, -0.1) is 0 Å². The Hall–Kier alpha value is -3.16. The quantitative estimate of drug-likeness (QED) is 0.453. The number of carbonyl (C=O) groups excluding carboxylic acids is 2. The molecule has 3 aromatic carbocycles. The zero-order valence-corrected chi connectivity index (χ0v) is 18.8. The molecule has 0 spiro atoms. The average Bonchev–Trinajstić information content (AvgIpc) is 2.80. The van der Waals surface area contributed by atoms with E-state index in [-0.39, 0.29) is 29.1 Å². The molecule has 1 heterocycles. The molecule has 4 rings (SSSR count). The molecule has 5 nitrogen and oxygen atoms in total. The van der Waals surface area contributed by atoms with Crippen molar-refractivity contribution in [2.75, 3.05) is 23.3 Å². The molecule has 0 atom stereocenters. The summed E-state index contributed by atoms with van der Waals surface area (Å²) in [4.78, 5) is 28.5. The fraction of sp³-hybridized carbons (Fsp3) is 0.167. The topological polar surface area (TPSA) is 52.7 Å². The number of hydrogen-bond acceptors (Lipinski definition) is 2. The number of halogens is 4. The minimum atomic E-state index is -0.552. The SMILES string of the molecule is O=C(Nc1ccc(N2CCCN(Cc3cc(F)ccc3F)C2=O)cc1)c1ccc(Cl)c(Cl)c1. The standard InChI is InChI=1S/C24H19Cl2F2N3O2/c25-20-8-2-15(13-21(20)26)23(32)29-18-4-6-19(7-5-18)31-11-1-10-30(24(31)33)14-16-12-17(27)3-9-22(16)28/h2-9,12-13H,1,10-11,14H2,(H,29,32). The number of amides is 3. The second-order valence-electron chi connectivity index (χ2n) is 7.57. The molecule has 3 aromatic rings. The van der Waals surface area contributed by atoms with Crippen molar-refractivity contribution in [1.82, 2.24) is 4.90 Å². The monoisotopic (exact) mass is 489 g/mol. The first-order valence-corrected chi connectivity index (χ1v) is 10.9. The summed E-state index contributed by atoms with van der Waals surface area (Å²) in [6.45, 7) is 0.926. The van der Waals surface area contributed by atoms with Gasteiger partial charge in [0.2, 0.25) is 0 Å². The smallest absolute Gasteiger partial charge is 0.322 e. The van der Waals surface area contributed by atoms with Crippen LogP contribution in [0.1, 0.15) is 22.3 Å². The predicted molar refractivity (Wildman–Crippen MR) is 125 cm³/mol. The predicted octanol–water partition coefficient (Wildman–Crippen LogP) is 6.36. The van der Waals surface area contributed by atoms with E-state index in [4.69, 9.17) is 23.2 Å². The molecule has 0 bridgehead atoms. The van der Waals surface area contributed by atoms with E-state index in [1.54, 1.807) is 41.3 Å². The Labute approximate surface area is 199 Å². The third-order valence-corrected chi connectivity index (χ3v) is 6.04. The molecule has 1 aliphatic rings. The van der Waals surface area contributed by atoms with Gasteiger partial charge in [0.1, 0.15) is 11.6 Å². The van der Waals surface area contributed by atoms with E-state index in [0.717, 1.165) is 18.2 Å². The highest BCUT2D eigenvalue weighted by Gasteiger charge is 2.27. The van der Waals surface area contributed by atoms with Crippen molar-refractivity contribution in [1.29, 1.82) is 0 Å². The van der Waals surface area contributed by atoms with Gasteiger partial charge in [0.25, 0.3) is 5.91 Å². The largest absolute Gasteiger partial charge is 0.324 e. The Balaban J connectivity index is 1.44. The Morgan fingerprint density at radius 1 is 0.939 bits per heavy atom. The van der Waals surface area contributed by atoms with E-state index in [1.807, 2.05) is 0 Å². The number of anilines is 2. The fourth-order valence-electron chi connectivity index (χ4n) is 3.60. The zero-order valence-electron chi connectivity index (χ0n) is 17.3. The molecule has 0 aliphatic carbocycles. The Morgan fingerprint density at radius 2 is 1.70 bits per heavy atom. The highest BCUT2D eigenvalue weighted by atomic mass is 35.5. The highest BCUT2D eigenvalue weighted by Crippen LogP contribution is 2.26. The minimum Gasteiger partial charge on any atom is -0.322 e. The number of hydrogen-bond donors (Lipinski definition) is 1. The molecular weight excluding hydrogens is 471 g/mol. The second kappa shape index (κ2) is 9.77. The van der Waals surface area contributed by atoms with E-state index >= 15 is 0 Å². The summed E-state index contributed by atoms with van der Waals surface area (Å²) in [5.74, 6) is -1.45. The van der Waals surface area contributed by atoms with Gasteiger partial charge in [0, 0.05) is 35.6 Å². The van der Waals surface area contributed by atoms with Gasteiger partial charge in [0.05, 0.1) is 16.6 Å². The lowest BCUT2D eigenvalue weighted by Crippen LogP contribution is -2.49. The van der Waals surface area contributed by atoms with Crippen LogP contribution in [0, 0.1) is 11.6 Å². The molecule has 1 saturated heterocycles. The molecule has 0 unspecified atom stereocenters. The molecule has 3 amide bonds. The third kappa shape index (κ3) is 5.26. The number of nitrogens with one attached hydrogen (secondary N) is 1. The Bertz CT molecular complexity index is 1200. The number of benzene rings is 3. The van der Waals surface area contributed by atoms with Crippen molar-refractivity contribution in [3.63, 3.8) is 0 Å². The van der Waals surface area contributed by atoms with Crippen molar-refractivity contribution in [2.45, 2.75) is 13.0 Å². The van der Waals surface area contributed by atoms with Gasteiger partial charge >= 0.3 is 6.03 Å². The van der Waals surface area contributed by atoms with Crippen molar-refractivity contribution in [3.05, 3.63) is 93.5 Å². The lowest BCUT2D eigenvalue weighted by molar-refractivity contribution is 0.102. The van der Waals surface area contributed by atoms with Crippen LogP contribution in [0.3, 0.4) is 0 Å². The summed E-state index contributed by atoms with van der Waals surface area (Å²) < 4.78 is 27.5. The first-order chi connectivity index (χ1) is 15.8. The van der Waals surface area contributed by atoms with Crippen LogP contribution < -0.4 is 10.2 Å². The third-order valence-electron chi connectivity index (χ3n) is 5.30. The van der Waals surface area contributed by atoms with Crippen molar-refractivity contribution in [3.8, 4) is 0 Å². The zero-order chi connectivity index (χ0) is 23.5. The molecule has 1 aliphatic heterocycles. The summed E-state index contributed by atoms with van der Waals surface area (Å²) in [5.41, 5.74) is 1.67. The van der Waals surface area contributed by atoms with Crippen LogP contribution in [0.5, 0.6) is 0 Å². The molecule has 1 N–H and O–H groups in total. The summed E-state index contributed by atoms with van der Waals surface area (Å²) in [7, 11) is 0. The number of urea groups is 1. The van der Waals surface area contributed by atoms with Gasteiger partial charge in [-0.3, -0.25) is 9.69 Å². The molecule has 0 radical (unpaired) electrons.